The summed E-state index contributed by atoms with van der Waals surface area (Å²) >= 11 is 0. The molecule has 1 N–H and O–H groups in total. The second-order valence-electron chi connectivity index (χ2n) is 5.92. The molecule has 9 heteroatoms. The summed E-state index contributed by atoms with van der Waals surface area (Å²) in [5.41, 5.74) is 1.58. The lowest BCUT2D eigenvalue weighted by Crippen LogP contribution is -2.30. The van der Waals surface area contributed by atoms with Crippen LogP contribution in [0.15, 0.2) is 53.4 Å². The highest BCUT2D eigenvalue weighted by molar-refractivity contribution is 7.91. The van der Waals surface area contributed by atoms with E-state index < -0.39 is 38.5 Å². The zero-order chi connectivity index (χ0) is 20.9. The number of hydrogen-bond acceptors (Lipinski definition) is 5. The summed E-state index contributed by atoms with van der Waals surface area (Å²) in [6, 6.07) is 11.1. The van der Waals surface area contributed by atoms with Crippen molar-refractivity contribution in [3.8, 4) is 0 Å². The Bertz CT molecular complexity index is 941. The largest absolute Gasteiger partial charge is 0.449 e. The maximum Gasteiger partial charge on any atom is 0.341 e. The average molecular weight is 411 g/mol. The van der Waals surface area contributed by atoms with Gasteiger partial charge in [0.1, 0.15) is 0 Å². The van der Waals surface area contributed by atoms with E-state index in [0.717, 1.165) is 36.2 Å². The van der Waals surface area contributed by atoms with Crippen molar-refractivity contribution in [2.75, 3.05) is 5.32 Å². The van der Waals surface area contributed by atoms with E-state index in [9.17, 15) is 26.8 Å². The molecule has 0 radical (unpaired) electrons. The molecule has 2 aromatic rings. The van der Waals surface area contributed by atoms with Gasteiger partial charge in [0.15, 0.2) is 6.10 Å². The molecule has 28 heavy (non-hydrogen) atoms. The van der Waals surface area contributed by atoms with Crippen molar-refractivity contribution >= 4 is 27.4 Å². The molecule has 0 bridgehead atoms. The van der Waals surface area contributed by atoms with Gasteiger partial charge in [0, 0.05) is 5.69 Å². The van der Waals surface area contributed by atoms with Gasteiger partial charge in [-0.15, -0.1) is 0 Å². The van der Waals surface area contributed by atoms with Crippen molar-refractivity contribution < 1.29 is 31.5 Å². The van der Waals surface area contributed by atoms with Crippen LogP contribution in [0.25, 0.3) is 0 Å². The SMILES string of the molecule is CCc1ccc(NC(=O)[C@@H](C)OC(=O)c2ccc(S(=O)(=O)C(F)F)cc2)cc1. The van der Waals surface area contributed by atoms with Crippen molar-refractivity contribution in [2.45, 2.75) is 37.0 Å². The van der Waals surface area contributed by atoms with Crippen molar-refractivity contribution in [1.82, 2.24) is 0 Å². The van der Waals surface area contributed by atoms with Crippen molar-refractivity contribution in [1.29, 1.82) is 0 Å². The Kier molecular flexibility index (Phi) is 6.85. The Morgan fingerprint density at radius 3 is 2.11 bits per heavy atom. The number of hydrogen-bond donors (Lipinski definition) is 1. The van der Waals surface area contributed by atoms with E-state index in [2.05, 4.69) is 5.32 Å². The maximum absolute atomic E-state index is 12.5. The van der Waals surface area contributed by atoms with Gasteiger partial charge in [-0.3, -0.25) is 4.79 Å². The third-order valence-electron chi connectivity index (χ3n) is 3.94. The molecule has 1 atom stereocenters. The number of halogens is 2. The molecule has 0 aliphatic heterocycles. The van der Waals surface area contributed by atoms with E-state index in [0.29, 0.717) is 5.69 Å². The van der Waals surface area contributed by atoms with E-state index in [1.807, 2.05) is 19.1 Å². The van der Waals surface area contributed by atoms with Crippen LogP contribution in [0.5, 0.6) is 0 Å². The number of benzene rings is 2. The van der Waals surface area contributed by atoms with Gasteiger partial charge in [-0.05, 0) is 55.3 Å². The van der Waals surface area contributed by atoms with Gasteiger partial charge in [0.05, 0.1) is 10.5 Å². The fraction of sp³-hybridized carbons (Fsp3) is 0.263. The summed E-state index contributed by atoms with van der Waals surface area (Å²) in [6.07, 6.45) is -0.262. The number of aryl methyl sites for hydroxylation is 1. The highest BCUT2D eigenvalue weighted by Crippen LogP contribution is 2.19. The zero-order valence-corrected chi connectivity index (χ0v) is 16.0. The van der Waals surface area contributed by atoms with Gasteiger partial charge >= 0.3 is 11.7 Å². The van der Waals surface area contributed by atoms with Crippen LogP contribution in [0.4, 0.5) is 14.5 Å². The standard InChI is InChI=1S/C19H19F2NO5S/c1-3-13-4-8-15(9-5-13)22-17(23)12(2)27-18(24)14-6-10-16(11-7-14)28(25,26)19(20)21/h4-12,19H,3H2,1-2H3,(H,22,23)/t12-/m1/s1. The lowest BCUT2D eigenvalue weighted by atomic mass is 10.1. The topological polar surface area (TPSA) is 89.5 Å². The molecule has 0 aliphatic rings. The first-order valence-corrected chi connectivity index (χ1v) is 9.92. The molecule has 2 rings (SSSR count). The van der Waals surface area contributed by atoms with Gasteiger partial charge in [-0.25, -0.2) is 13.2 Å². The zero-order valence-electron chi connectivity index (χ0n) is 15.2. The van der Waals surface area contributed by atoms with Gasteiger partial charge in [-0.1, -0.05) is 19.1 Å². The third kappa shape index (κ3) is 5.13. The lowest BCUT2D eigenvalue weighted by Gasteiger charge is -2.14. The van der Waals surface area contributed by atoms with Crippen LogP contribution in [0, 0.1) is 0 Å². The summed E-state index contributed by atoms with van der Waals surface area (Å²) in [6.45, 7) is 3.38. The van der Waals surface area contributed by atoms with E-state index in [1.165, 1.54) is 6.92 Å². The number of ether oxygens (including phenoxy) is 1. The Morgan fingerprint density at radius 2 is 1.61 bits per heavy atom. The smallest absolute Gasteiger partial charge is 0.341 e. The van der Waals surface area contributed by atoms with Crippen LogP contribution < -0.4 is 5.32 Å². The highest BCUT2D eigenvalue weighted by atomic mass is 32.2. The summed E-state index contributed by atoms with van der Waals surface area (Å²) in [7, 11) is -4.75. The number of amides is 1. The minimum atomic E-state index is -4.75. The van der Waals surface area contributed by atoms with Gasteiger partial charge < -0.3 is 10.1 Å². The Morgan fingerprint density at radius 1 is 1.04 bits per heavy atom. The molecule has 0 spiro atoms. The molecule has 0 unspecified atom stereocenters. The summed E-state index contributed by atoms with van der Waals surface area (Å²) in [5, 5.41) is 2.61. The predicted molar refractivity (Wildman–Crippen MR) is 99.0 cm³/mol. The van der Waals surface area contributed by atoms with E-state index in [-0.39, 0.29) is 5.56 Å². The molecule has 6 nitrogen and oxygen atoms in total. The molecule has 0 heterocycles. The quantitative estimate of drug-likeness (QED) is 0.705. The van der Waals surface area contributed by atoms with E-state index in [4.69, 9.17) is 4.74 Å². The van der Waals surface area contributed by atoms with E-state index >= 15 is 0 Å². The van der Waals surface area contributed by atoms with Crippen molar-refractivity contribution in [3.05, 3.63) is 59.7 Å². The summed E-state index contributed by atoms with van der Waals surface area (Å²) in [5.74, 6) is -4.99. The van der Waals surface area contributed by atoms with Crippen molar-refractivity contribution in [2.24, 2.45) is 0 Å². The molecule has 2 aromatic carbocycles. The lowest BCUT2D eigenvalue weighted by molar-refractivity contribution is -0.123. The van der Waals surface area contributed by atoms with Crippen LogP contribution in [0.1, 0.15) is 29.8 Å². The minimum absolute atomic E-state index is 0.0693. The molecule has 0 aliphatic carbocycles. The molecular weight excluding hydrogens is 392 g/mol. The Hall–Kier alpha value is -2.81. The molecule has 150 valence electrons. The Balaban J connectivity index is 2.00. The fourth-order valence-corrected chi connectivity index (χ4v) is 2.95. The second-order valence-corrected chi connectivity index (χ2v) is 7.84. The molecular formula is C19H19F2NO5S. The molecule has 1 amide bonds. The summed E-state index contributed by atoms with van der Waals surface area (Å²) < 4.78 is 52.8. The predicted octanol–water partition coefficient (Wildman–Crippen LogP) is 3.43. The van der Waals surface area contributed by atoms with Gasteiger partial charge in [0.25, 0.3) is 5.91 Å². The van der Waals surface area contributed by atoms with Crippen molar-refractivity contribution in [3.63, 3.8) is 0 Å². The number of esters is 1. The van der Waals surface area contributed by atoms with Crippen LogP contribution in [0.3, 0.4) is 0 Å². The normalized spacial score (nSPS) is 12.5. The number of carbonyl (C=O) groups is 2. The number of anilines is 1. The number of carbonyl (C=O) groups excluding carboxylic acids is 2. The second kappa shape index (κ2) is 8.92. The van der Waals surface area contributed by atoms with E-state index in [1.54, 1.807) is 12.1 Å². The van der Waals surface area contributed by atoms with Gasteiger partial charge in [0.2, 0.25) is 9.84 Å². The van der Waals surface area contributed by atoms with Crippen LogP contribution in [-0.2, 0) is 25.8 Å². The fourth-order valence-electron chi connectivity index (χ4n) is 2.23. The van der Waals surface area contributed by atoms with Crippen LogP contribution >= 0.6 is 0 Å². The molecule has 0 saturated heterocycles. The minimum Gasteiger partial charge on any atom is -0.449 e. The van der Waals surface area contributed by atoms with Gasteiger partial charge in [-0.2, -0.15) is 8.78 Å². The van der Waals surface area contributed by atoms with Crippen LogP contribution in [0.2, 0.25) is 0 Å². The Labute approximate surface area is 161 Å². The molecule has 0 aromatic heterocycles. The van der Waals surface area contributed by atoms with Crippen LogP contribution in [-0.4, -0.2) is 32.2 Å². The third-order valence-corrected chi connectivity index (χ3v) is 5.33. The number of sulfone groups is 1. The summed E-state index contributed by atoms with van der Waals surface area (Å²) in [4.78, 5) is 23.6. The highest BCUT2D eigenvalue weighted by Gasteiger charge is 2.27. The molecule has 0 saturated carbocycles. The number of alkyl halides is 2. The molecule has 0 fully saturated rings. The maximum atomic E-state index is 12.5. The monoisotopic (exact) mass is 411 g/mol. The number of rotatable bonds is 7. The number of nitrogens with one attached hydrogen (secondary N) is 1. The first kappa shape index (κ1) is 21.5. The first-order chi connectivity index (χ1) is 13.1. The average Bonchev–Trinajstić information content (AvgIpc) is 2.68. The first-order valence-electron chi connectivity index (χ1n) is 8.38.